The molecule has 0 aliphatic heterocycles. The monoisotopic (exact) mass is 353 g/mol. The number of carbonyl (C=O) groups is 1. The summed E-state index contributed by atoms with van der Waals surface area (Å²) in [4.78, 5) is 23.2. The van der Waals surface area contributed by atoms with Crippen molar-refractivity contribution < 1.29 is 14.1 Å². The van der Waals surface area contributed by atoms with Gasteiger partial charge in [0.05, 0.1) is 11.0 Å². The zero-order valence-electron chi connectivity index (χ0n) is 14.5. The van der Waals surface area contributed by atoms with E-state index in [9.17, 15) is 14.9 Å². The van der Waals surface area contributed by atoms with E-state index in [1.807, 2.05) is 37.3 Å². The van der Waals surface area contributed by atoms with Crippen molar-refractivity contribution in [1.29, 1.82) is 0 Å². The zero-order valence-corrected chi connectivity index (χ0v) is 14.5. The molecule has 0 fully saturated rings. The van der Waals surface area contributed by atoms with Crippen LogP contribution in [-0.4, -0.2) is 17.4 Å². The van der Waals surface area contributed by atoms with Gasteiger partial charge in [-0.05, 0) is 38.1 Å². The summed E-state index contributed by atoms with van der Waals surface area (Å²) < 4.78 is 5.75. The fraction of sp³-hybridized carbons (Fsp3) is 0.211. The summed E-state index contributed by atoms with van der Waals surface area (Å²) in [6.45, 7) is 4.20. The third kappa shape index (κ3) is 3.51. The second-order valence-corrected chi connectivity index (χ2v) is 5.90. The molecule has 0 aliphatic carbocycles. The smallest absolute Gasteiger partial charge is 0.293 e. The SMILES string of the molecule is CCNc1ccc(C(=O)N[C@@H](C)c2cc3ccccc3o2)cc1[N+](=O)[O-]. The molecule has 0 saturated heterocycles. The Bertz CT molecular complexity index is 931. The van der Waals surface area contributed by atoms with E-state index >= 15 is 0 Å². The van der Waals surface area contributed by atoms with Crippen LogP contribution in [0.25, 0.3) is 11.0 Å². The van der Waals surface area contributed by atoms with Crippen LogP contribution in [0.5, 0.6) is 0 Å². The molecule has 1 amide bonds. The second kappa shape index (κ2) is 7.26. The molecule has 0 aliphatic rings. The lowest BCUT2D eigenvalue weighted by molar-refractivity contribution is -0.384. The highest BCUT2D eigenvalue weighted by Gasteiger charge is 2.20. The van der Waals surface area contributed by atoms with Gasteiger partial charge in [-0.25, -0.2) is 0 Å². The van der Waals surface area contributed by atoms with E-state index in [0.717, 1.165) is 11.0 Å². The molecule has 0 spiro atoms. The number of nitrogens with zero attached hydrogens (tertiary/aromatic N) is 1. The molecule has 3 rings (SSSR count). The average Bonchev–Trinajstić information content (AvgIpc) is 3.06. The molecular weight excluding hydrogens is 334 g/mol. The Morgan fingerprint density at radius 3 is 2.69 bits per heavy atom. The number of hydrogen-bond donors (Lipinski definition) is 2. The van der Waals surface area contributed by atoms with Crippen molar-refractivity contribution >= 4 is 28.3 Å². The van der Waals surface area contributed by atoms with Gasteiger partial charge in [0.2, 0.25) is 0 Å². The van der Waals surface area contributed by atoms with Gasteiger partial charge >= 0.3 is 0 Å². The van der Waals surface area contributed by atoms with Crippen molar-refractivity contribution in [3.63, 3.8) is 0 Å². The number of amides is 1. The third-order valence-corrected chi connectivity index (χ3v) is 4.04. The summed E-state index contributed by atoms with van der Waals surface area (Å²) in [7, 11) is 0. The molecule has 134 valence electrons. The maximum absolute atomic E-state index is 12.5. The first-order chi connectivity index (χ1) is 12.5. The molecule has 1 aromatic heterocycles. The molecule has 0 unspecified atom stereocenters. The van der Waals surface area contributed by atoms with Gasteiger partial charge in [-0.2, -0.15) is 0 Å². The van der Waals surface area contributed by atoms with Crippen molar-refractivity contribution in [2.24, 2.45) is 0 Å². The highest BCUT2D eigenvalue weighted by Crippen LogP contribution is 2.27. The first-order valence-electron chi connectivity index (χ1n) is 8.31. The van der Waals surface area contributed by atoms with Gasteiger partial charge < -0.3 is 15.1 Å². The number of rotatable bonds is 6. The van der Waals surface area contributed by atoms with Crippen molar-refractivity contribution in [1.82, 2.24) is 5.32 Å². The van der Waals surface area contributed by atoms with Crippen LogP contribution in [0.15, 0.2) is 52.9 Å². The summed E-state index contributed by atoms with van der Waals surface area (Å²) in [5.74, 6) is 0.224. The van der Waals surface area contributed by atoms with E-state index in [-0.39, 0.29) is 17.3 Å². The van der Waals surface area contributed by atoms with E-state index in [1.165, 1.54) is 6.07 Å². The number of furan rings is 1. The summed E-state index contributed by atoms with van der Waals surface area (Å²) in [5.41, 5.74) is 1.23. The maximum Gasteiger partial charge on any atom is 0.293 e. The zero-order chi connectivity index (χ0) is 18.7. The van der Waals surface area contributed by atoms with Crippen LogP contribution in [0, 0.1) is 10.1 Å². The van der Waals surface area contributed by atoms with E-state index in [4.69, 9.17) is 4.42 Å². The maximum atomic E-state index is 12.5. The van der Waals surface area contributed by atoms with E-state index in [0.29, 0.717) is 18.0 Å². The Balaban J connectivity index is 1.80. The number of para-hydroxylation sites is 1. The van der Waals surface area contributed by atoms with Crippen molar-refractivity contribution in [2.45, 2.75) is 19.9 Å². The molecule has 1 heterocycles. The van der Waals surface area contributed by atoms with Gasteiger partial charge in [-0.3, -0.25) is 14.9 Å². The Labute approximate surface area is 150 Å². The minimum Gasteiger partial charge on any atom is -0.459 e. The molecule has 7 nitrogen and oxygen atoms in total. The van der Waals surface area contributed by atoms with Gasteiger partial charge in [0.15, 0.2) is 0 Å². The minimum atomic E-state index is -0.503. The highest BCUT2D eigenvalue weighted by molar-refractivity contribution is 5.96. The van der Waals surface area contributed by atoms with Crippen molar-refractivity contribution in [3.05, 3.63) is 70.0 Å². The van der Waals surface area contributed by atoms with E-state index in [1.54, 1.807) is 19.1 Å². The van der Waals surface area contributed by atoms with Gasteiger partial charge in [0.25, 0.3) is 11.6 Å². The minimum absolute atomic E-state index is 0.129. The number of nitrogens with one attached hydrogen (secondary N) is 2. The number of fused-ring (bicyclic) bond motifs is 1. The molecule has 26 heavy (non-hydrogen) atoms. The first kappa shape index (κ1) is 17.5. The van der Waals surface area contributed by atoms with Crippen LogP contribution in [0.3, 0.4) is 0 Å². The van der Waals surface area contributed by atoms with Gasteiger partial charge in [-0.1, -0.05) is 18.2 Å². The van der Waals surface area contributed by atoms with Crippen LogP contribution in [0.4, 0.5) is 11.4 Å². The summed E-state index contributed by atoms with van der Waals surface area (Å²) >= 11 is 0. The van der Waals surface area contributed by atoms with Gasteiger partial charge in [-0.15, -0.1) is 0 Å². The molecule has 3 aromatic rings. The summed E-state index contributed by atoms with van der Waals surface area (Å²) in [5, 5.41) is 17.9. The molecule has 0 radical (unpaired) electrons. The number of benzene rings is 2. The predicted octanol–water partition coefficient (Wildman–Crippen LogP) is 4.26. The van der Waals surface area contributed by atoms with E-state index in [2.05, 4.69) is 10.6 Å². The lowest BCUT2D eigenvalue weighted by Crippen LogP contribution is -2.26. The normalized spacial score (nSPS) is 11.9. The topological polar surface area (TPSA) is 97.4 Å². The Morgan fingerprint density at radius 2 is 2.00 bits per heavy atom. The van der Waals surface area contributed by atoms with Crippen LogP contribution >= 0.6 is 0 Å². The Morgan fingerprint density at radius 1 is 1.23 bits per heavy atom. The molecule has 2 aromatic carbocycles. The van der Waals surface area contributed by atoms with Crippen LogP contribution < -0.4 is 10.6 Å². The van der Waals surface area contributed by atoms with Crippen molar-refractivity contribution in [3.8, 4) is 0 Å². The number of nitro benzene ring substituents is 1. The molecule has 2 N–H and O–H groups in total. The number of hydrogen-bond acceptors (Lipinski definition) is 5. The fourth-order valence-corrected chi connectivity index (χ4v) is 2.73. The predicted molar refractivity (Wildman–Crippen MR) is 99.4 cm³/mol. The lowest BCUT2D eigenvalue weighted by Gasteiger charge is -2.12. The highest BCUT2D eigenvalue weighted by atomic mass is 16.6. The Kier molecular flexibility index (Phi) is 4.88. The lowest BCUT2D eigenvalue weighted by atomic mass is 10.1. The first-order valence-corrected chi connectivity index (χ1v) is 8.31. The largest absolute Gasteiger partial charge is 0.459 e. The number of nitro groups is 1. The van der Waals surface area contributed by atoms with Crippen molar-refractivity contribution in [2.75, 3.05) is 11.9 Å². The Hall–Kier alpha value is -3.35. The van der Waals surface area contributed by atoms with Gasteiger partial charge in [0, 0.05) is 23.6 Å². The number of anilines is 1. The van der Waals surface area contributed by atoms with Gasteiger partial charge in [0.1, 0.15) is 17.0 Å². The molecule has 0 bridgehead atoms. The van der Waals surface area contributed by atoms with Crippen LogP contribution in [-0.2, 0) is 0 Å². The summed E-state index contributed by atoms with van der Waals surface area (Å²) in [6.07, 6.45) is 0. The number of carbonyl (C=O) groups excluding carboxylic acids is 1. The quantitative estimate of drug-likeness (QED) is 0.509. The fourth-order valence-electron chi connectivity index (χ4n) is 2.73. The second-order valence-electron chi connectivity index (χ2n) is 5.90. The summed E-state index contributed by atoms with van der Waals surface area (Å²) in [6, 6.07) is 13.5. The van der Waals surface area contributed by atoms with E-state index < -0.39 is 10.8 Å². The standard InChI is InChI=1S/C19H19N3O4/c1-3-20-15-9-8-14(10-16(15)22(24)25)19(23)21-12(2)18-11-13-6-4-5-7-17(13)26-18/h4-12,20H,3H2,1-2H3,(H,21,23)/t12-/m0/s1. The molecule has 1 atom stereocenters. The third-order valence-electron chi connectivity index (χ3n) is 4.04. The van der Waals surface area contributed by atoms with Crippen LogP contribution in [0.2, 0.25) is 0 Å². The molecule has 7 heteroatoms. The molecular formula is C19H19N3O4. The molecule has 0 saturated carbocycles. The average molecular weight is 353 g/mol. The van der Waals surface area contributed by atoms with Crippen LogP contribution in [0.1, 0.15) is 36.0 Å².